The van der Waals surface area contributed by atoms with Crippen molar-refractivity contribution in [1.82, 2.24) is 39.1 Å². The van der Waals surface area contributed by atoms with Crippen LogP contribution in [-0.2, 0) is 21.6 Å². The van der Waals surface area contributed by atoms with Gasteiger partial charge in [-0.25, -0.2) is 19.9 Å². The zero-order chi connectivity index (χ0) is 79.4. The number of anilines is 2. The average Bonchev–Trinajstić information content (AvgIpc) is 1.69. The van der Waals surface area contributed by atoms with Crippen LogP contribution in [0.15, 0.2) is 270 Å². The topological polar surface area (TPSA) is 234 Å². The van der Waals surface area contributed by atoms with Gasteiger partial charge in [-0.3, -0.25) is 10.6 Å². The number of hydrazine groups is 2. The van der Waals surface area contributed by atoms with Crippen molar-refractivity contribution in [2.24, 2.45) is 11.7 Å². The van der Waals surface area contributed by atoms with Crippen LogP contribution in [-0.4, -0.2) is 127 Å². The molecule has 0 radical (unpaired) electrons. The van der Waals surface area contributed by atoms with E-state index in [1.54, 1.807) is 38.5 Å². The number of fused-ring (bicyclic) bond motifs is 3. The van der Waals surface area contributed by atoms with Gasteiger partial charge >= 0.3 is 106 Å². The van der Waals surface area contributed by atoms with Crippen LogP contribution in [0.4, 0.5) is 11.4 Å². The number of hydrogen-bond acceptors (Lipinski definition) is 17. The zero-order valence-electron chi connectivity index (χ0n) is 65.3. The number of halogens is 8. The molecule has 0 saturated carbocycles. The third-order valence-corrected chi connectivity index (χ3v) is 19.2. The Labute approximate surface area is 816 Å². The Morgan fingerprint density at radius 3 is 1.23 bits per heavy atom. The maximum atomic E-state index is 9.21. The number of nitrogen functional groups attached to an aromatic ring is 1. The van der Waals surface area contributed by atoms with Crippen LogP contribution in [0.1, 0.15) is 51.1 Å². The summed E-state index contributed by atoms with van der Waals surface area (Å²) in [4.78, 5) is 16.3. The van der Waals surface area contributed by atoms with Gasteiger partial charge in [-0.2, -0.15) is 15.3 Å². The Balaban J connectivity index is 0.000000347. The number of aromatic hydroxyl groups is 1. The van der Waals surface area contributed by atoms with Crippen molar-refractivity contribution in [3.63, 3.8) is 0 Å². The standard InChI is InChI=1S/C20H23N3O.C14H15BrN2O.C14H12N2O.C13H10N2O.C7H6Br2.C7H14ClN.C7H10N2O.CH2O3.BBr3.ClH.2K.H/c1-2-7-20-17(6-1)16-23(21-20)18-8-10-19(11-9-18)24-15-5-14-22-12-3-4-13-22;1-18-13-8-6-12(7-9-13)17(16)10-11-4-2-3-5-14(11)15;1-17-13-8-6-12(7-9-13)16-10-11-4-2-3-5-14(11)15-16;16-12-7-5-11(6-8-12)15-9-10-3-1-2-4-13(10)14-15;8-5-6-3-1-2-4-7(6)9;8-4-3-7-9-5-1-2-6-9;1-10-7-4-2-6(9-8)3-5-7;2-1-4-3;2-1(3)4;;;;/h1-2,6-11,16H,3-5,12-15H2;2-9H,10,16H2,1H3;2-10H,1H3;1-9,16H;1-4H,5H2;1-7H2;2-5,9H,8H2,1H3;1,3H;;1H;;;/q;;;;;;;;;;2*+1;-1/p-1. The van der Waals surface area contributed by atoms with Gasteiger partial charge in [0.05, 0.1) is 73.8 Å². The molecule has 31 heteroatoms. The maximum Gasteiger partial charge on any atom is 1.00 e. The number of likely N-dealkylation sites (tertiary alicyclic amines) is 2. The zero-order valence-corrected chi connectivity index (χ0v) is 81.7. The number of nitrogens with zero attached hydrogens (tertiary/aromatic N) is 9. The van der Waals surface area contributed by atoms with Gasteiger partial charge in [-0.15, -0.1) is 71.3 Å². The molecule has 13 aromatic rings. The van der Waals surface area contributed by atoms with Gasteiger partial charge in [0, 0.05) is 67.1 Å². The molecule has 0 atom stereocenters. The van der Waals surface area contributed by atoms with Crippen LogP contribution in [0.25, 0.3) is 49.8 Å². The quantitative estimate of drug-likeness (QED) is 0.0106. The number of rotatable bonds is 20. The third kappa shape index (κ3) is 37.3. The first-order valence-electron chi connectivity index (χ1n) is 35.5. The summed E-state index contributed by atoms with van der Waals surface area (Å²) in [5.74, 6) is 15.7. The number of benzene rings is 10. The van der Waals surface area contributed by atoms with Crippen LogP contribution in [0.5, 0.6) is 28.7 Å². The number of ether oxygens (including phenoxy) is 4. The van der Waals surface area contributed by atoms with Gasteiger partial charge in [0.2, 0.25) is 0 Å². The molecule has 0 amide bonds. The maximum absolute atomic E-state index is 9.21. The molecule has 2 aliphatic rings. The first-order chi connectivity index (χ1) is 54.1. The first-order valence-corrected chi connectivity index (χ1v) is 41.5. The van der Waals surface area contributed by atoms with E-state index >= 15 is 0 Å². The predicted molar refractivity (Wildman–Crippen MR) is 481 cm³/mol. The molecule has 20 nitrogen and oxygen atoms in total. The number of carbonyl (C=O) groups excluding carboxylic acids is 1. The molecule has 0 spiro atoms. The van der Waals surface area contributed by atoms with E-state index in [0.29, 0.717) is 6.54 Å². The number of aromatic nitrogens is 6. The number of alkyl halides is 2. The Kier molecular flexibility index (Phi) is 52.6. The van der Waals surface area contributed by atoms with Crippen molar-refractivity contribution < 1.29 is 143 Å². The molecule has 3 aromatic heterocycles. The number of phenolic OH excluding ortho intramolecular Hbond substituents is 1. The minimum atomic E-state index is -0.181. The number of nitrogens with two attached hydrogens (primary N) is 2. The van der Waals surface area contributed by atoms with Crippen LogP contribution in [0.2, 0.25) is 0 Å². The number of nitrogens with one attached hydrogen (secondary N) is 1. The molecule has 594 valence electrons. The summed E-state index contributed by atoms with van der Waals surface area (Å²) in [6, 6.07) is 78.5. The van der Waals surface area contributed by atoms with Gasteiger partial charge in [0.15, 0.2) is 0 Å². The fraction of sp³-hybridized carbons (Fsp3) is 0.229. The van der Waals surface area contributed by atoms with Crippen LogP contribution >= 0.6 is 119 Å². The van der Waals surface area contributed by atoms with Gasteiger partial charge < -0.3 is 55.9 Å². The number of carbonyl (C=O) groups is 1. The van der Waals surface area contributed by atoms with Gasteiger partial charge in [0.1, 0.15) is 28.7 Å². The number of hydrogen-bond donors (Lipinski definition) is 4. The summed E-state index contributed by atoms with van der Waals surface area (Å²) in [7, 11) is 4.94. The monoisotopic (exact) mass is 2020 g/mol. The molecule has 0 bridgehead atoms. The van der Waals surface area contributed by atoms with Crippen LogP contribution in [0.3, 0.4) is 0 Å². The second-order valence-electron chi connectivity index (χ2n) is 24.4. The van der Waals surface area contributed by atoms with Crippen LogP contribution < -0.4 is 149 Å². The largest absolute Gasteiger partial charge is 1.00 e. The molecule has 5 heterocycles. The van der Waals surface area contributed by atoms with E-state index in [2.05, 4.69) is 167 Å². The molecular formula is C83H93BBr6Cl2K2N12O8. The van der Waals surface area contributed by atoms with E-state index in [1.807, 2.05) is 227 Å². The van der Waals surface area contributed by atoms with E-state index in [0.717, 1.165) is 131 Å². The summed E-state index contributed by atoms with van der Waals surface area (Å²) in [6.45, 7) is 8.73. The fourth-order valence-corrected chi connectivity index (χ4v) is 12.9. The molecule has 2 saturated heterocycles. The molecule has 10 aromatic carbocycles. The van der Waals surface area contributed by atoms with E-state index in [1.165, 1.54) is 68.4 Å². The van der Waals surface area contributed by atoms with Crippen molar-refractivity contribution in [3.05, 3.63) is 281 Å². The summed E-state index contributed by atoms with van der Waals surface area (Å²) in [5, 5.41) is 37.2. The molecule has 0 aliphatic carbocycles. The van der Waals surface area contributed by atoms with Crippen molar-refractivity contribution >= 4 is 173 Å². The van der Waals surface area contributed by atoms with E-state index < -0.39 is 0 Å². The predicted octanol–water partition coefficient (Wildman–Crippen LogP) is 14.2. The normalized spacial score (nSPS) is 11.5. The molecule has 2 fully saturated rings. The Morgan fingerprint density at radius 1 is 0.535 bits per heavy atom. The van der Waals surface area contributed by atoms with Crippen molar-refractivity contribution in [2.75, 3.05) is 83.5 Å². The fourth-order valence-electron chi connectivity index (χ4n) is 11.1. The summed E-state index contributed by atoms with van der Waals surface area (Å²) in [6.07, 6.45) is 13.8. The van der Waals surface area contributed by atoms with Crippen molar-refractivity contribution in [1.29, 1.82) is 0 Å². The molecule has 0 unspecified atom stereocenters. The Hall–Kier alpha value is -4.72. The minimum Gasteiger partial charge on any atom is -1.00 e. The summed E-state index contributed by atoms with van der Waals surface area (Å²) in [5.41, 5.74) is 12.8. The first kappa shape index (κ1) is 102. The number of phenols is 1. The molecule has 114 heavy (non-hydrogen) atoms. The Morgan fingerprint density at radius 2 is 0.877 bits per heavy atom. The van der Waals surface area contributed by atoms with Crippen molar-refractivity contribution in [2.45, 2.75) is 50.4 Å². The van der Waals surface area contributed by atoms with Crippen molar-refractivity contribution in [3.8, 4) is 45.8 Å². The van der Waals surface area contributed by atoms with Gasteiger partial charge in [-0.1, -0.05) is 139 Å². The van der Waals surface area contributed by atoms with Crippen LogP contribution in [0, 0.1) is 0 Å². The smallest absolute Gasteiger partial charge is 1.00 e. The molecule has 6 N–H and O–H groups in total. The Bertz CT molecular complexity index is 4620. The molecule has 15 rings (SSSR count). The second kappa shape index (κ2) is 59.0. The summed E-state index contributed by atoms with van der Waals surface area (Å²) >= 11 is 25.2. The molecule has 2 aliphatic heterocycles. The summed E-state index contributed by atoms with van der Waals surface area (Å²) < 4.78 is 29.2. The SMILES string of the molecule is BrB(Br)Br.BrCc1ccccc1Br.COc1ccc(-n2cc3ccccc3n2)cc1.COc1ccc(N(N)Cc2ccccc2Br)cc1.COc1ccc(NN)cc1.Cl.ClCCCN1CCCC1.O=CO[O-].Oc1ccc(-n2cc3ccccc3n2)cc1.[H-].[K+].[K+].c1ccc2nn(-c3ccc(OCCCN4CCCC4)cc3)cc2c1. The van der Waals surface area contributed by atoms with Gasteiger partial charge in [-0.05, 0) is 234 Å². The van der Waals surface area contributed by atoms with Gasteiger partial charge in [0.25, 0.3) is 6.47 Å². The van der Waals surface area contributed by atoms with E-state index in [9.17, 15) is 5.11 Å². The van der Waals surface area contributed by atoms with E-state index in [-0.39, 0.29) is 132 Å². The second-order valence-corrected chi connectivity index (χ2v) is 33.5. The van der Waals surface area contributed by atoms with E-state index in [4.69, 9.17) is 52.3 Å². The minimum absolute atomic E-state index is 0. The third-order valence-electron chi connectivity index (χ3n) is 16.8. The average molecular weight is 2030 g/mol. The molecular weight excluding hydrogens is 1930 g/mol. The number of methoxy groups -OCH3 is 3.